The number of aromatic amines is 1. The number of carboxylic acids is 1. The lowest BCUT2D eigenvalue weighted by molar-refractivity contribution is -0.137. The van der Waals surface area contributed by atoms with E-state index >= 15 is 0 Å². The summed E-state index contributed by atoms with van der Waals surface area (Å²) in [6.45, 7) is 2.99. The molecular formula is C18H21N3O2. The maximum absolute atomic E-state index is 10.6. The van der Waals surface area contributed by atoms with E-state index in [1.54, 1.807) is 6.20 Å². The van der Waals surface area contributed by atoms with Gasteiger partial charge in [-0.05, 0) is 31.4 Å². The number of unbranched alkanes of at least 4 members (excludes halogenated alkanes) is 2. The largest absolute Gasteiger partial charge is 0.481 e. The summed E-state index contributed by atoms with van der Waals surface area (Å²) in [6.07, 6.45) is 6.45. The van der Waals surface area contributed by atoms with Gasteiger partial charge in [0.25, 0.3) is 0 Å². The number of aliphatic carboxylic acids is 1. The normalized spacial score (nSPS) is 11.2. The quantitative estimate of drug-likeness (QED) is 0.648. The van der Waals surface area contributed by atoms with Crippen LogP contribution in [-0.4, -0.2) is 25.6 Å². The van der Waals surface area contributed by atoms with E-state index < -0.39 is 5.97 Å². The third kappa shape index (κ3) is 3.13. The molecule has 0 atom stereocenters. The smallest absolute Gasteiger partial charge is 0.303 e. The van der Waals surface area contributed by atoms with Crippen LogP contribution in [-0.2, 0) is 11.3 Å². The minimum Gasteiger partial charge on any atom is -0.481 e. The number of H-pyrrole nitrogens is 1. The summed E-state index contributed by atoms with van der Waals surface area (Å²) < 4.78 is 2.30. The molecule has 1 aromatic carbocycles. The van der Waals surface area contributed by atoms with Gasteiger partial charge in [-0.1, -0.05) is 24.6 Å². The zero-order valence-electron chi connectivity index (χ0n) is 13.2. The number of aromatic nitrogens is 3. The van der Waals surface area contributed by atoms with E-state index in [0.29, 0.717) is 0 Å². The number of rotatable bonds is 7. The van der Waals surface area contributed by atoms with Crippen molar-refractivity contribution in [3.63, 3.8) is 0 Å². The number of carbonyl (C=O) groups is 1. The van der Waals surface area contributed by atoms with Crippen molar-refractivity contribution >= 4 is 16.9 Å². The van der Waals surface area contributed by atoms with Crippen LogP contribution < -0.4 is 0 Å². The predicted octanol–water partition coefficient (Wildman–Crippen LogP) is 3.98. The van der Waals surface area contributed by atoms with Crippen molar-refractivity contribution in [1.82, 2.24) is 14.5 Å². The van der Waals surface area contributed by atoms with Crippen LogP contribution in [0.25, 0.3) is 22.4 Å². The molecule has 23 heavy (non-hydrogen) atoms. The molecular weight excluding hydrogens is 290 g/mol. The zero-order valence-corrected chi connectivity index (χ0v) is 13.2. The summed E-state index contributed by atoms with van der Waals surface area (Å²) in [4.78, 5) is 18.2. The molecule has 5 heteroatoms. The Morgan fingerprint density at radius 3 is 2.83 bits per heavy atom. The van der Waals surface area contributed by atoms with E-state index in [-0.39, 0.29) is 6.42 Å². The number of aryl methyl sites for hydroxylation is 2. The fourth-order valence-electron chi connectivity index (χ4n) is 3.13. The first-order valence-corrected chi connectivity index (χ1v) is 7.98. The van der Waals surface area contributed by atoms with Crippen molar-refractivity contribution in [3.8, 4) is 11.5 Å². The third-order valence-electron chi connectivity index (χ3n) is 4.22. The predicted molar refractivity (Wildman–Crippen MR) is 90.4 cm³/mol. The molecule has 0 radical (unpaired) electrons. The first-order chi connectivity index (χ1) is 11.2. The second kappa shape index (κ2) is 6.69. The lowest BCUT2D eigenvalue weighted by Gasteiger charge is -2.10. The molecule has 0 amide bonds. The minimum atomic E-state index is -0.719. The fraction of sp³-hybridized carbons (Fsp3) is 0.333. The fourth-order valence-corrected chi connectivity index (χ4v) is 3.13. The topological polar surface area (TPSA) is 70.9 Å². The van der Waals surface area contributed by atoms with Gasteiger partial charge in [0.05, 0.1) is 5.69 Å². The van der Waals surface area contributed by atoms with Crippen LogP contribution >= 0.6 is 0 Å². The van der Waals surface area contributed by atoms with E-state index in [4.69, 9.17) is 5.11 Å². The average molecular weight is 311 g/mol. The molecule has 0 spiro atoms. The van der Waals surface area contributed by atoms with Crippen molar-refractivity contribution in [2.45, 2.75) is 39.2 Å². The van der Waals surface area contributed by atoms with E-state index in [0.717, 1.165) is 37.3 Å². The standard InChI is InChI=1S/C18H21N3O2/c1-13-14-7-4-5-8-15(14)21(12-6-2-3-9-16(22)23)17(13)18-19-10-11-20-18/h4-5,7-8,10-11H,2-3,6,9,12H2,1H3,(H,19,20)(H,22,23). The summed E-state index contributed by atoms with van der Waals surface area (Å²) >= 11 is 0. The number of imidazole rings is 1. The monoisotopic (exact) mass is 311 g/mol. The maximum Gasteiger partial charge on any atom is 0.303 e. The van der Waals surface area contributed by atoms with Crippen LogP contribution in [0.2, 0.25) is 0 Å². The number of para-hydroxylation sites is 1. The lowest BCUT2D eigenvalue weighted by Crippen LogP contribution is -2.02. The molecule has 2 aromatic heterocycles. The summed E-state index contributed by atoms with van der Waals surface area (Å²) in [5.74, 6) is 0.160. The highest BCUT2D eigenvalue weighted by Crippen LogP contribution is 2.31. The van der Waals surface area contributed by atoms with Crippen LogP contribution in [0.1, 0.15) is 31.2 Å². The Labute approximate surface area is 135 Å². The molecule has 0 saturated heterocycles. The Balaban J connectivity index is 1.88. The van der Waals surface area contributed by atoms with E-state index in [1.165, 1.54) is 16.5 Å². The van der Waals surface area contributed by atoms with Gasteiger partial charge in [0, 0.05) is 36.3 Å². The number of fused-ring (bicyclic) bond motifs is 1. The molecule has 120 valence electrons. The molecule has 3 aromatic rings. The first kappa shape index (κ1) is 15.3. The van der Waals surface area contributed by atoms with Gasteiger partial charge < -0.3 is 14.7 Å². The minimum absolute atomic E-state index is 0.247. The molecule has 0 aliphatic rings. The van der Waals surface area contributed by atoms with Gasteiger partial charge in [0.2, 0.25) is 0 Å². The Kier molecular flexibility index (Phi) is 4.46. The molecule has 0 aliphatic heterocycles. The number of nitrogens with one attached hydrogen (secondary N) is 1. The molecule has 3 rings (SSSR count). The molecule has 2 heterocycles. The van der Waals surface area contributed by atoms with Crippen LogP contribution in [0.4, 0.5) is 0 Å². The number of hydrogen-bond donors (Lipinski definition) is 2. The van der Waals surface area contributed by atoms with E-state index in [2.05, 4.69) is 45.7 Å². The molecule has 0 bridgehead atoms. The number of nitrogens with zero attached hydrogens (tertiary/aromatic N) is 2. The van der Waals surface area contributed by atoms with Gasteiger partial charge in [-0.3, -0.25) is 4.79 Å². The van der Waals surface area contributed by atoms with E-state index in [9.17, 15) is 4.79 Å². The van der Waals surface area contributed by atoms with Gasteiger partial charge in [-0.2, -0.15) is 0 Å². The Morgan fingerprint density at radius 2 is 2.09 bits per heavy atom. The molecule has 0 fully saturated rings. The highest BCUT2D eigenvalue weighted by molar-refractivity contribution is 5.90. The van der Waals surface area contributed by atoms with Crippen molar-refractivity contribution < 1.29 is 9.90 Å². The van der Waals surface area contributed by atoms with Crippen LogP contribution in [0.3, 0.4) is 0 Å². The van der Waals surface area contributed by atoms with Crippen molar-refractivity contribution in [1.29, 1.82) is 0 Å². The average Bonchev–Trinajstić information content (AvgIpc) is 3.14. The lowest BCUT2D eigenvalue weighted by atomic mass is 10.1. The van der Waals surface area contributed by atoms with Crippen molar-refractivity contribution in [2.24, 2.45) is 0 Å². The maximum atomic E-state index is 10.6. The van der Waals surface area contributed by atoms with Crippen LogP contribution in [0.15, 0.2) is 36.7 Å². The molecule has 5 nitrogen and oxygen atoms in total. The number of carboxylic acid groups (broad SMARTS) is 1. The Morgan fingerprint density at radius 1 is 1.26 bits per heavy atom. The zero-order chi connectivity index (χ0) is 16.2. The first-order valence-electron chi connectivity index (χ1n) is 7.98. The van der Waals surface area contributed by atoms with Gasteiger partial charge in [-0.15, -0.1) is 0 Å². The van der Waals surface area contributed by atoms with Gasteiger partial charge in [-0.25, -0.2) is 4.98 Å². The van der Waals surface area contributed by atoms with Crippen molar-refractivity contribution in [3.05, 3.63) is 42.2 Å². The highest BCUT2D eigenvalue weighted by atomic mass is 16.4. The SMILES string of the molecule is Cc1c(-c2ncc[nH]2)n(CCCCCC(=O)O)c2ccccc12. The van der Waals surface area contributed by atoms with Crippen molar-refractivity contribution in [2.75, 3.05) is 0 Å². The molecule has 0 saturated carbocycles. The second-order valence-corrected chi connectivity index (χ2v) is 5.78. The summed E-state index contributed by atoms with van der Waals surface area (Å²) in [5, 5.41) is 9.97. The Bertz CT molecular complexity index is 803. The Hall–Kier alpha value is -2.56. The summed E-state index contributed by atoms with van der Waals surface area (Å²) in [6, 6.07) is 8.37. The van der Waals surface area contributed by atoms with Gasteiger partial charge >= 0.3 is 5.97 Å². The van der Waals surface area contributed by atoms with Crippen LogP contribution in [0.5, 0.6) is 0 Å². The summed E-state index contributed by atoms with van der Waals surface area (Å²) in [5.41, 5.74) is 3.55. The third-order valence-corrected chi connectivity index (χ3v) is 4.22. The van der Waals surface area contributed by atoms with Gasteiger partial charge in [0.1, 0.15) is 0 Å². The number of hydrogen-bond acceptors (Lipinski definition) is 2. The second-order valence-electron chi connectivity index (χ2n) is 5.78. The highest BCUT2D eigenvalue weighted by Gasteiger charge is 2.16. The molecule has 0 aliphatic carbocycles. The summed E-state index contributed by atoms with van der Waals surface area (Å²) in [7, 11) is 0. The molecule has 0 unspecified atom stereocenters. The number of benzene rings is 1. The molecule has 2 N–H and O–H groups in total. The van der Waals surface area contributed by atoms with Crippen LogP contribution in [0, 0.1) is 6.92 Å². The van der Waals surface area contributed by atoms with E-state index in [1.807, 2.05) is 6.20 Å². The van der Waals surface area contributed by atoms with Gasteiger partial charge in [0.15, 0.2) is 5.82 Å².